The van der Waals surface area contributed by atoms with Crippen LogP contribution in [0.4, 0.5) is 5.69 Å². The van der Waals surface area contributed by atoms with E-state index in [-0.39, 0.29) is 11.4 Å². The van der Waals surface area contributed by atoms with Crippen molar-refractivity contribution in [3.63, 3.8) is 0 Å². The van der Waals surface area contributed by atoms with E-state index in [4.69, 9.17) is 11.6 Å². The molecule has 0 aliphatic carbocycles. The number of carbonyl (C=O) groups excluding carboxylic acids is 2. The zero-order valence-electron chi connectivity index (χ0n) is 14.9. The molecule has 2 aromatic carbocycles. The van der Waals surface area contributed by atoms with Crippen molar-refractivity contribution in [3.8, 4) is 0 Å². The molecule has 0 bridgehead atoms. The zero-order valence-corrected chi connectivity index (χ0v) is 16.5. The molecular formula is C22H16ClNO3S. The van der Waals surface area contributed by atoms with Crippen LogP contribution in [0.1, 0.15) is 26.8 Å². The molecule has 0 fully saturated rings. The molecule has 28 heavy (non-hydrogen) atoms. The molecule has 0 saturated heterocycles. The summed E-state index contributed by atoms with van der Waals surface area (Å²) in [5, 5.41) is 12.9. The van der Waals surface area contributed by atoms with Gasteiger partial charge in [-0.2, -0.15) is 0 Å². The highest BCUT2D eigenvalue weighted by Crippen LogP contribution is 2.42. The number of thiophene rings is 1. The van der Waals surface area contributed by atoms with Crippen molar-refractivity contribution in [3.05, 3.63) is 98.4 Å². The van der Waals surface area contributed by atoms with Gasteiger partial charge in [0.15, 0.2) is 5.76 Å². The van der Waals surface area contributed by atoms with Crippen LogP contribution in [0.3, 0.4) is 0 Å². The van der Waals surface area contributed by atoms with Gasteiger partial charge in [-0.05, 0) is 42.1 Å². The Morgan fingerprint density at radius 2 is 1.89 bits per heavy atom. The van der Waals surface area contributed by atoms with Crippen molar-refractivity contribution in [2.75, 3.05) is 4.90 Å². The molecule has 0 saturated carbocycles. The van der Waals surface area contributed by atoms with Gasteiger partial charge in [-0.25, -0.2) is 0 Å². The fourth-order valence-corrected chi connectivity index (χ4v) is 4.29. The Hall–Kier alpha value is -2.89. The van der Waals surface area contributed by atoms with Gasteiger partial charge in [0, 0.05) is 10.7 Å². The quantitative estimate of drug-likeness (QED) is 0.579. The highest BCUT2D eigenvalue weighted by molar-refractivity contribution is 7.12. The van der Waals surface area contributed by atoms with E-state index >= 15 is 0 Å². The first-order chi connectivity index (χ1) is 13.5. The van der Waals surface area contributed by atoms with Gasteiger partial charge in [-0.1, -0.05) is 53.6 Å². The number of amides is 1. The average Bonchev–Trinajstić information content (AvgIpc) is 3.29. The van der Waals surface area contributed by atoms with E-state index in [9.17, 15) is 14.7 Å². The van der Waals surface area contributed by atoms with Crippen molar-refractivity contribution in [1.29, 1.82) is 0 Å². The summed E-state index contributed by atoms with van der Waals surface area (Å²) in [4.78, 5) is 28.1. The first-order valence-corrected chi connectivity index (χ1v) is 9.90. The maximum absolute atomic E-state index is 13.2. The minimum Gasteiger partial charge on any atom is -0.503 e. The first kappa shape index (κ1) is 18.5. The molecule has 1 amide bonds. The van der Waals surface area contributed by atoms with Crippen molar-refractivity contribution in [1.82, 2.24) is 0 Å². The summed E-state index contributed by atoms with van der Waals surface area (Å²) in [6, 6.07) is 17.1. The predicted molar refractivity (Wildman–Crippen MR) is 111 cm³/mol. The summed E-state index contributed by atoms with van der Waals surface area (Å²) in [5.41, 5.74) is 2.34. The van der Waals surface area contributed by atoms with Crippen molar-refractivity contribution in [2.24, 2.45) is 0 Å². The number of carbonyl (C=O) groups is 2. The fraction of sp³-hybridized carbons (Fsp3) is 0.0909. The maximum Gasteiger partial charge on any atom is 0.294 e. The van der Waals surface area contributed by atoms with E-state index in [0.717, 1.165) is 11.1 Å². The van der Waals surface area contributed by atoms with Gasteiger partial charge >= 0.3 is 0 Å². The summed E-state index contributed by atoms with van der Waals surface area (Å²) in [7, 11) is 0. The minimum absolute atomic E-state index is 0.0815. The van der Waals surface area contributed by atoms with E-state index in [1.54, 1.807) is 41.8 Å². The number of anilines is 1. The second-order valence-corrected chi connectivity index (χ2v) is 7.92. The van der Waals surface area contributed by atoms with Crippen LogP contribution in [0.25, 0.3) is 0 Å². The Morgan fingerprint density at radius 1 is 1.11 bits per heavy atom. The molecule has 0 radical (unpaired) electrons. The number of Topliss-reactive ketones (excluding diaryl/α,β-unsaturated/α-hetero) is 1. The van der Waals surface area contributed by atoms with Gasteiger partial charge in [-0.15, -0.1) is 11.3 Å². The Balaban J connectivity index is 1.91. The molecule has 1 aliphatic rings. The third-order valence-electron chi connectivity index (χ3n) is 4.64. The molecule has 4 rings (SSSR count). The molecule has 0 spiro atoms. The zero-order chi connectivity index (χ0) is 19.8. The van der Waals surface area contributed by atoms with Crippen LogP contribution < -0.4 is 4.90 Å². The van der Waals surface area contributed by atoms with Gasteiger partial charge in [0.25, 0.3) is 5.91 Å². The lowest BCUT2D eigenvalue weighted by atomic mass is 9.94. The SMILES string of the molecule is Cc1cccc(C2C(C(=O)c3cccs3)=C(O)C(=O)N2c2cccc(Cl)c2)c1. The first-order valence-electron chi connectivity index (χ1n) is 8.64. The Bertz CT molecular complexity index is 1100. The summed E-state index contributed by atoms with van der Waals surface area (Å²) in [5.74, 6) is -1.49. The number of aryl methyl sites for hydroxylation is 1. The minimum atomic E-state index is -0.736. The van der Waals surface area contributed by atoms with Crippen LogP contribution in [0.15, 0.2) is 77.4 Å². The van der Waals surface area contributed by atoms with Crippen LogP contribution in [-0.4, -0.2) is 16.8 Å². The third-order valence-corrected chi connectivity index (χ3v) is 5.75. The highest BCUT2D eigenvalue weighted by Gasteiger charge is 2.44. The monoisotopic (exact) mass is 409 g/mol. The molecule has 140 valence electrons. The molecule has 1 N–H and O–H groups in total. The molecule has 1 aromatic heterocycles. The lowest BCUT2D eigenvalue weighted by molar-refractivity contribution is -0.117. The van der Waals surface area contributed by atoms with E-state index in [2.05, 4.69) is 0 Å². The standard InChI is InChI=1S/C22H16ClNO3S/c1-13-5-2-6-14(11-13)19-18(20(25)17-9-4-10-28-17)21(26)22(27)24(19)16-8-3-7-15(23)12-16/h2-12,19,26H,1H3. The largest absolute Gasteiger partial charge is 0.503 e. The molecule has 3 aromatic rings. The molecule has 1 aliphatic heterocycles. The van der Waals surface area contributed by atoms with Gasteiger partial charge in [-0.3, -0.25) is 14.5 Å². The lowest BCUT2D eigenvalue weighted by Crippen LogP contribution is -2.31. The molecule has 6 heteroatoms. The number of rotatable bonds is 4. The van der Waals surface area contributed by atoms with Gasteiger partial charge in [0.2, 0.25) is 5.78 Å². The van der Waals surface area contributed by atoms with Crippen LogP contribution in [-0.2, 0) is 4.79 Å². The molecule has 1 unspecified atom stereocenters. The number of aliphatic hydroxyl groups excluding tert-OH is 1. The second kappa shape index (κ2) is 7.26. The molecule has 4 nitrogen and oxygen atoms in total. The summed E-state index contributed by atoms with van der Waals surface area (Å²) in [6.07, 6.45) is 0. The van der Waals surface area contributed by atoms with E-state index in [1.165, 1.54) is 16.2 Å². The van der Waals surface area contributed by atoms with E-state index < -0.39 is 17.7 Å². The second-order valence-electron chi connectivity index (χ2n) is 6.54. The van der Waals surface area contributed by atoms with Crippen LogP contribution in [0.5, 0.6) is 0 Å². The van der Waals surface area contributed by atoms with E-state index in [0.29, 0.717) is 15.6 Å². The highest BCUT2D eigenvalue weighted by atomic mass is 35.5. The van der Waals surface area contributed by atoms with Gasteiger partial charge in [0.1, 0.15) is 0 Å². The van der Waals surface area contributed by atoms with Crippen LogP contribution in [0, 0.1) is 6.92 Å². The summed E-state index contributed by atoms with van der Waals surface area (Å²) < 4.78 is 0. The molecule has 2 heterocycles. The number of ketones is 1. The Morgan fingerprint density at radius 3 is 2.57 bits per heavy atom. The van der Waals surface area contributed by atoms with Gasteiger partial charge in [0.05, 0.1) is 16.5 Å². The average molecular weight is 410 g/mol. The smallest absolute Gasteiger partial charge is 0.294 e. The van der Waals surface area contributed by atoms with Crippen molar-refractivity contribution in [2.45, 2.75) is 13.0 Å². The summed E-state index contributed by atoms with van der Waals surface area (Å²) in [6.45, 7) is 1.94. The van der Waals surface area contributed by atoms with Crippen molar-refractivity contribution >= 4 is 40.3 Å². The number of hydrogen-bond acceptors (Lipinski definition) is 4. The normalized spacial score (nSPS) is 16.7. The molecular weight excluding hydrogens is 394 g/mol. The van der Waals surface area contributed by atoms with Gasteiger partial charge < -0.3 is 5.11 Å². The number of aliphatic hydroxyl groups is 1. The maximum atomic E-state index is 13.2. The lowest BCUT2D eigenvalue weighted by Gasteiger charge is -2.27. The van der Waals surface area contributed by atoms with Crippen molar-refractivity contribution < 1.29 is 14.7 Å². The number of nitrogens with zero attached hydrogens (tertiary/aromatic N) is 1. The van der Waals surface area contributed by atoms with Crippen LogP contribution in [0.2, 0.25) is 5.02 Å². The number of benzene rings is 2. The molecule has 1 atom stereocenters. The predicted octanol–water partition coefficient (Wildman–Crippen LogP) is 5.49. The number of halogens is 1. The Kier molecular flexibility index (Phi) is 4.79. The third kappa shape index (κ3) is 3.13. The summed E-state index contributed by atoms with van der Waals surface area (Å²) >= 11 is 7.40. The number of hydrogen-bond donors (Lipinski definition) is 1. The fourth-order valence-electron chi connectivity index (χ4n) is 3.43. The topological polar surface area (TPSA) is 57.6 Å². The Labute approximate surface area is 171 Å². The van der Waals surface area contributed by atoms with E-state index in [1.807, 2.05) is 31.2 Å². The van der Waals surface area contributed by atoms with Crippen LogP contribution >= 0.6 is 22.9 Å².